The molecule has 1 aliphatic rings. The summed E-state index contributed by atoms with van der Waals surface area (Å²) in [6.07, 6.45) is 2.63. The minimum absolute atomic E-state index is 0.0251. The Morgan fingerprint density at radius 2 is 2.10 bits per heavy atom. The molecule has 20 heavy (non-hydrogen) atoms. The van der Waals surface area contributed by atoms with Crippen LogP contribution in [0.4, 0.5) is 0 Å². The van der Waals surface area contributed by atoms with Crippen LogP contribution < -0.4 is 5.32 Å². The van der Waals surface area contributed by atoms with Crippen LogP contribution in [-0.2, 0) is 0 Å². The molecule has 0 radical (unpaired) electrons. The summed E-state index contributed by atoms with van der Waals surface area (Å²) in [5, 5.41) is 3.05. The normalized spacial score (nSPS) is 17.1. The molecule has 1 amide bonds. The Morgan fingerprint density at radius 1 is 1.40 bits per heavy atom. The van der Waals surface area contributed by atoms with E-state index in [0.29, 0.717) is 5.92 Å². The maximum absolute atomic E-state index is 12.2. The van der Waals surface area contributed by atoms with E-state index in [-0.39, 0.29) is 5.91 Å². The first-order valence-electron chi connectivity index (χ1n) is 7.33. The van der Waals surface area contributed by atoms with E-state index in [1.165, 1.54) is 25.9 Å². The predicted octanol–water partition coefficient (Wildman–Crippen LogP) is 3.22. The summed E-state index contributed by atoms with van der Waals surface area (Å²) in [7, 11) is 0. The zero-order valence-electron chi connectivity index (χ0n) is 12.3. The number of amides is 1. The van der Waals surface area contributed by atoms with Gasteiger partial charge in [0.2, 0.25) is 0 Å². The van der Waals surface area contributed by atoms with E-state index < -0.39 is 0 Å². The monoisotopic (exact) mass is 338 g/mol. The molecule has 1 heterocycles. The molecule has 0 saturated carbocycles. The molecular formula is C16H23BrN2O. The third-order valence-electron chi connectivity index (χ3n) is 3.89. The fourth-order valence-corrected chi connectivity index (χ4v) is 3.05. The number of halogens is 1. The smallest absolute Gasteiger partial charge is 0.251 e. The third-order valence-corrected chi connectivity index (χ3v) is 4.75. The minimum atomic E-state index is 0.0251. The van der Waals surface area contributed by atoms with Crippen molar-refractivity contribution in [2.24, 2.45) is 5.92 Å². The SMILES string of the molecule is Cc1c(Br)cccc1C(=O)NCC(C)CN1CCCC1. The predicted molar refractivity (Wildman–Crippen MR) is 86.1 cm³/mol. The second-order valence-corrected chi connectivity index (χ2v) is 6.59. The van der Waals surface area contributed by atoms with Gasteiger partial charge in [0.1, 0.15) is 0 Å². The Kier molecular flexibility index (Phi) is 5.61. The summed E-state index contributed by atoms with van der Waals surface area (Å²) >= 11 is 3.47. The lowest BCUT2D eigenvalue weighted by Gasteiger charge is -2.20. The van der Waals surface area contributed by atoms with Crippen LogP contribution in [0, 0.1) is 12.8 Å². The van der Waals surface area contributed by atoms with Crippen molar-refractivity contribution in [1.82, 2.24) is 10.2 Å². The van der Waals surface area contributed by atoms with Crippen LogP contribution in [0.5, 0.6) is 0 Å². The molecule has 2 rings (SSSR count). The van der Waals surface area contributed by atoms with E-state index in [9.17, 15) is 4.79 Å². The van der Waals surface area contributed by atoms with Crippen LogP contribution in [0.25, 0.3) is 0 Å². The van der Waals surface area contributed by atoms with Gasteiger partial charge in [0.15, 0.2) is 0 Å². The van der Waals surface area contributed by atoms with Crippen LogP contribution in [0.2, 0.25) is 0 Å². The van der Waals surface area contributed by atoms with Gasteiger partial charge in [-0.1, -0.05) is 28.9 Å². The second kappa shape index (κ2) is 7.23. The molecular weight excluding hydrogens is 316 g/mol. The molecule has 1 unspecified atom stereocenters. The van der Waals surface area contributed by atoms with Crippen LogP contribution in [0.3, 0.4) is 0 Å². The lowest BCUT2D eigenvalue weighted by atomic mass is 10.1. The van der Waals surface area contributed by atoms with E-state index in [1.807, 2.05) is 25.1 Å². The topological polar surface area (TPSA) is 32.3 Å². The van der Waals surface area contributed by atoms with Gasteiger partial charge in [-0.25, -0.2) is 0 Å². The summed E-state index contributed by atoms with van der Waals surface area (Å²) in [6, 6.07) is 5.74. The van der Waals surface area contributed by atoms with Gasteiger partial charge in [-0.15, -0.1) is 0 Å². The number of nitrogens with one attached hydrogen (secondary N) is 1. The quantitative estimate of drug-likeness (QED) is 0.893. The van der Waals surface area contributed by atoms with Crippen molar-refractivity contribution in [3.8, 4) is 0 Å². The van der Waals surface area contributed by atoms with Crippen molar-refractivity contribution >= 4 is 21.8 Å². The van der Waals surface area contributed by atoms with Gasteiger partial charge in [0.05, 0.1) is 0 Å². The minimum Gasteiger partial charge on any atom is -0.352 e. The standard InChI is InChI=1S/C16H23BrN2O/c1-12(11-19-8-3-4-9-19)10-18-16(20)14-6-5-7-15(17)13(14)2/h5-7,12H,3-4,8-11H2,1-2H3,(H,18,20). The Balaban J connectivity index is 1.83. The Hall–Kier alpha value is -0.870. The molecule has 1 aromatic rings. The lowest BCUT2D eigenvalue weighted by Crippen LogP contribution is -2.34. The number of hydrogen-bond donors (Lipinski definition) is 1. The van der Waals surface area contributed by atoms with Crippen molar-refractivity contribution < 1.29 is 4.79 Å². The van der Waals surface area contributed by atoms with Crippen LogP contribution in [0.1, 0.15) is 35.7 Å². The molecule has 110 valence electrons. The number of likely N-dealkylation sites (tertiary alicyclic amines) is 1. The highest BCUT2D eigenvalue weighted by Gasteiger charge is 2.16. The summed E-state index contributed by atoms with van der Waals surface area (Å²) in [4.78, 5) is 14.7. The zero-order valence-corrected chi connectivity index (χ0v) is 13.9. The fourth-order valence-electron chi connectivity index (χ4n) is 2.69. The molecule has 1 aromatic carbocycles. The van der Waals surface area contributed by atoms with Crippen molar-refractivity contribution in [2.75, 3.05) is 26.2 Å². The first-order chi connectivity index (χ1) is 9.58. The molecule has 0 aromatic heterocycles. The maximum Gasteiger partial charge on any atom is 0.251 e. The van der Waals surface area contributed by atoms with Crippen molar-refractivity contribution in [1.29, 1.82) is 0 Å². The highest BCUT2D eigenvalue weighted by Crippen LogP contribution is 2.19. The highest BCUT2D eigenvalue weighted by atomic mass is 79.9. The van der Waals surface area contributed by atoms with E-state index in [1.54, 1.807) is 0 Å². The van der Waals surface area contributed by atoms with E-state index in [4.69, 9.17) is 0 Å². The molecule has 1 fully saturated rings. The van der Waals surface area contributed by atoms with Gasteiger partial charge in [-0.2, -0.15) is 0 Å². The Morgan fingerprint density at radius 3 is 2.80 bits per heavy atom. The first kappa shape index (κ1) is 15.5. The van der Waals surface area contributed by atoms with Crippen LogP contribution >= 0.6 is 15.9 Å². The zero-order chi connectivity index (χ0) is 14.5. The van der Waals surface area contributed by atoms with Crippen molar-refractivity contribution in [3.05, 3.63) is 33.8 Å². The molecule has 0 aliphatic carbocycles. The number of carbonyl (C=O) groups is 1. The number of rotatable bonds is 5. The summed E-state index contributed by atoms with van der Waals surface area (Å²) in [6.45, 7) is 8.41. The summed E-state index contributed by atoms with van der Waals surface area (Å²) < 4.78 is 0.982. The number of benzene rings is 1. The molecule has 1 aliphatic heterocycles. The summed E-state index contributed by atoms with van der Waals surface area (Å²) in [5.74, 6) is 0.515. The number of carbonyl (C=O) groups excluding carboxylic acids is 1. The average molecular weight is 339 g/mol. The van der Waals surface area contributed by atoms with E-state index >= 15 is 0 Å². The van der Waals surface area contributed by atoms with Crippen molar-refractivity contribution in [3.63, 3.8) is 0 Å². The molecule has 4 heteroatoms. The first-order valence-corrected chi connectivity index (χ1v) is 8.13. The van der Waals surface area contributed by atoms with Gasteiger partial charge >= 0.3 is 0 Å². The second-order valence-electron chi connectivity index (χ2n) is 5.74. The lowest BCUT2D eigenvalue weighted by molar-refractivity contribution is 0.0944. The van der Waals surface area contributed by atoms with Gasteiger partial charge in [-0.05, 0) is 56.5 Å². The van der Waals surface area contributed by atoms with E-state index in [0.717, 1.165) is 28.7 Å². The molecule has 0 bridgehead atoms. The maximum atomic E-state index is 12.2. The molecule has 1 N–H and O–H groups in total. The van der Waals surface area contributed by atoms with Crippen molar-refractivity contribution in [2.45, 2.75) is 26.7 Å². The van der Waals surface area contributed by atoms with Crippen LogP contribution in [0.15, 0.2) is 22.7 Å². The summed E-state index contributed by atoms with van der Waals surface area (Å²) in [5.41, 5.74) is 1.75. The van der Waals surface area contributed by atoms with Gasteiger partial charge in [0, 0.05) is 23.1 Å². The Bertz CT molecular complexity index is 470. The van der Waals surface area contributed by atoms with E-state index in [2.05, 4.69) is 33.1 Å². The fraction of sp³-hybridized carbons (Fsp3) is 0.562. The third kappa shape index (κ3) is 4.06. The molecule has 1 saturated heterocycles. The number of hydrogen-bond acceptors (Lipinski definition) is 2. The molecule has 3 nitrogen and oxygen atoms in total. The molecule has 0 spiro atoms. The molecule has 1 atom stereocenters. The number of nitrogens with zero attached hydrogens (tertiary/aromatic N) is 1. The van der Waals surface area contributed by atoms with Crippen LogP contribution in [-0.4, -0.2) is 37.0 Å². The average Bonchev–Trinajstić information content (AvgIpc) is 2.92. The van der Waals surface area contributed by atoms with Gasteiger partial charge in [0.25, 0.3) is 5.91 Å². The van der Waals surface area contributed by atoms with Gasteiger partial charge in [-0.3, -0.25) is 4.79 Å². The largest absolute Gasteiger partial charge is 0.352 e. The highest BCUT2D eigenvalue weighted by molar-refractivity contribution is 9.10. The Labute approximate surface area is 129 Å². The van der Waals surface area contributed by atoms with Gasteiger partial charge < -0.3 is 10.2 Å².